The van der Waals surface area contributed by atoms with Gasteiger partial charge in [0.15, 0.2) is 0 Å². The Hall–Kier alpha value is -2.24. The highest BCUT2D eigenvalue weighted by Gasteiger charge is 2.37. The van der Waals surface area contributed by atoms with E-state index in [-0.39, 0.29) is 29.7 Å². The molecule has 2 fully saturated rings. The van der Waals surface area contributed by atoms with Gasteiger partial charge in [0.2, 0.25) is 10.0 Å². The van der Waals surface area contributed by atoms with Crippen molar-refractivity contribution in [2.45, 2.75) is 81.2 Å². The fourth-order valence-electron chi connectivity index (χ4n) is 4.17. The highest BCUT2D eigenvalue weighted by atomic mass is 32.2. The second kappa shape index (κ2) is 9.79. The third-order valence-electron chi connectivity index (χ3n) is 6.12. The molecule has 0 aliphatic heterocycles. The van der Waals surface area contributed by atoms with Crippen LogP contribution in [0.15, 0.2) is 35.1 Å². The molecule has 0 spiro atoms. The second-order valence-electron chi connectivity index (χ2n) is 9.85. The minimum absolute atomic E-state index is 0.137. The number of nitrogens with two attached hydrogens (primary N) is 1. The fourth-order valence-corrected chi connectivity index (χ4v) is 6.80. The molecule has 186 valence electrons. The molecule has 34 heavy (non-hydrogen) atoms. The van der Waals surface area contributed by atoms with E-state index < -0.39 is 21.7 Å². The number of ether oxygens (including phenoxy) is 1. The summed E-state index contributed by atoms with van der Waals surface area (Å²) in [6.07, 6.45) is 11.1. The van der Waals surface area contributed by atoms with E-state index >= 15 is 0 Å². The number of primary amides is 1. The molecule has 3 aliphatic carbocycles. The molecule has 1 heterocycles. The van der Waals surface area contributed by atoms with Gasteiger partial charge in [-0.05, 0) is 64.5 Å². The van der Waals surface area contributed by atoms with Gasteiger partial charge in [-0.2, -0.15) is 0 Å². The molecule has 3 aliphatic rings. The summed E-state index contributed by atoms with van der Waals surface area (Å²) in [4.78, 5) is 21.0. The van der Waals surface area contributed by atoms with Gasteiger partial charge >= 0.3 is 6.09 Å². The number of amides is 1. The first-order chi connectivity index (χ1) is 16.0. The Bertz CT molecular complexity index is 1100. The zero-order valence-corrected chi connectivity index (χ0v) is 21.1. The molecular formula is C23H32N4O5S2. The van der Waals surface area contributed by atoms with Crippen LogP contribution < -0.4 is 10.5 Å². The Morgan fingerprint density at radius 1 is 1.29 bits per heavy atom. The number of nitrogens with one attached hydrogen (secondary N) is 1. The Morgan fingerprint density at radius 2 is 2.00 bits per heavy atom. The van der Waals surface area contributed by atoms with E-state index in [9.17, 15) is 18.3 Å². The molecule has 4 rings (SSSR count). The van der Waals surface area contributed by atoms with E-state index in [2.05, 4.69) is 14.7 Å². The van der Waals surface area contributed by atoms with Gasteiger partial charge in [0, 0.05) is 22.7 Å². The van der Waals surface area contributed by atoms with Crippen molar-refractivity contribution in [3.05, 3.63) is 40.0 Å². The lowest BCUT2D eigenvalue weighted by Crippen LogP contribution is -2.30. The first kappa shape index (κ1) is 24.9. The summed E-state index contributed by atoms with van der Waals surface area (Å²) in [5, 5.41) is 10.7. The number of hydrogen-bond donors (Lipinski definition) is 3. The van der Waals surface area contributed by atoms with Crippen LogP contribution in [-0.4, -0.2) is 53.8 Å². The third-order valence-corrected chi connectivity index (χ3v) is 9.24. The molecule has 11 heteroatoms. The standard InChI is InChI=1S/C23H32N4O5S2/c1-23(2,29)13-26-15-5-10-18(19(11-15)27-34(30,31)17-8-9-17)20-12-25-21(33-20)14-3-6-16(7-4-14)32-22(24)28/h5,10-12,14,16-18,27,29H,3-4,6-9,13H2,1-2H3,(H2,24,28). The first-order valence-electron chi connectivity index (χ1n) is 11.6. The SMILES string of the molecule is CC(C)(O)CN=C1C=CC(c2cnc(C3CCC(OC(N)=O)CC3)s2)C(NS(=O)(=O)C2CC2)=C1. The Balaban J connectivity index is 1.51. The predicted octanol–water partition coefficient (Wildman–Crippen LogP) is 3.10. The van der Waals surface area contributed by atoms with Gasteiger partial charge in [0.05, 0.1) is 34.0 Å². The summed E-state index contributed by atoms with van der Waals surface area (Å²) < 4.78 is 33.3. The Kier molecular flexibility index (Phi) is 7.16. The molecule has 1 aromatic heterocycles. The summed E-state index contributed by atoms with van der Waals surface area (Å²) in [6.45, 7) is 3.57. The predicted molar refractivity (Wildman–Crippen MR) is 131 cm³/mol. The number of allylic oxidation sites excluding steroid dienone is 3. The number of aromatic nitrogens is 1. The Labute approximate surface area is 204 Å². The number of sulfonamides is 1. The van der Waals surface area contributed by atoms with Gasteiger partial charge in [-0.3, -0.25) is 9.71 Å². The molecule has 1 amide bonds. The topological polar surface area (TPSA) is 144 Å². The lowest BCUT2D eigenvalue weighted by Gasteiger charge is -2.26. The van der Waals surface area contributed by atoms with Crippen LogP contribution >= 0.6 is 11.3 Å². The average molecular weight is 509 g/mol. The minimum atomic E-state index is -3.45. The number of aliphatic hydroxyl groups is 1. The molecule has 9 nitrogen and oxygen atoms in total. The summed E-state index contributed by atoms with van der Waals surface area (Å²) >= 11 is 1.58. The molecule has 0 bridgehead atoms. The maximum atomic E-state index is 12.7. The lowest BCUT2D eigenvalue weighted by molar-refractivity contribution is 0.0786. The maximum Gasteiger partial charge on any atom is 0.404 e. The summed E-state index contributed by atoms with van der Waals surface area (Å²) in [6, 6.07) is 0. The highest BCUT2D eigenvalue weighted by molar-refractivity contribution is 7.90. The number of hydrogen-bond acceptors (Lipinski definition) is 8. The third kappa shape index (κ3) is 6.45. The largest absolute Gasteiger partial charge is 0.446 e. The number of thiazole rings is 1. The van der Waals surface area contributed by atoms with Crippen LogP contribution in [0.2, 0.25) is 0 Å². The number of aliphatic imine (C=N–C) groups is 1. The van der Waals surface area contributed by atoms with Crippen LogP contribution in [0.5, 0.6) is 0 Å². The second-order valence-corrected chi connectivity index (χ2v) is 12.9. The van der Waals surface area contributed by atoms with Gasteiger partial charge in [-0.1, -0.05) is 6.08 Å². The molecule has 2 saturated carbocycles. The highest BCUT2D eigenvalue weighted by Crippen LogP contribution is 2.40. The molecule has 1 unspecified atom stereocenters. The van der Waals surface area contributed by atoms with Gasteiger partial charge in [-0.25, -0.2) is 18.2 Å². The van der Waals surface area contributed by atoms with Crippen molar-refractivity contribution in [1.29, 1.82) is 0 Å². The number of carbonyl (C=O) groups is 1. The normalized spacial score (nSPS) is 26.9. The van der Waals surface area contributed by atoms with Gasteiger partial charge in [0.25, 0.3) is 0 Å². The molecule has 0 radical (unpaired) electrons. The smallest absolute Gasteiger partial charge is 0.404 e. The van der Waals surface area contributed by atoms with Crippen molar-refractivity contribution < 1.29 is 23.1 Å². The molecule has 0 aromatic carbocycles. The van der Waals surface area contributed by atoms with E-state index in [4.69, 9.17) is 10.5 Å². The van der Waals surface area contributed by atoms with Crippen LogP contribution in [0.3, 0.4) is 0 Å². The molecule has 1 aromatic rings. The van der Waals surface area contributed by atoms with Crippen molar-refractivity contribution in [2.24, 2.45) is 10.7 Å². The van der Waals surface area contributed by atoms with E-state index in [1.807, 2.05) is 18.3 Å². The quantitative estimate of drug-likeness (QED) is 0.492. The van der Waals surface area contributed by atoms with Crippen LogP contribution in [0, 0.1) is 0 Å². The maximum absolute atomic E-state index is 12.7. The molecule has 4 N–H and O–H groups in total. The Morgan fingerprint density at radius 3 is 2.62 bits per heavy atom. The van der Waals surface area contributed by atoms with Crippen molar-refractivity contribution in [1.82, 2.24) is 9.71 Å². The molecular weight excluding hydrogens is 476 g/mol. The van der Waals surface area contributed by atoms with Crippen molar-refractivity contribution in [3.8, 4) is 0 Å². The van der Waals surface area contributed by atoms with E-state index in [0.717, 1.165) is 35.6 Å². The van der Waals surface area contributed by atoms with Crippen LogP contribution in [0.1, 0.15) is 74.1 Å². The number of nitrogens with zero attached hydrogens (tertiary/aromatic N) is 2. The zero-order chi connectivity index (χ0) is 24.5. The van der Waals surface area contributed by atoms with Crippen LogP contribution in [0.25, 0.3) is 0 Å². The van der Waals surface area contributed by atoms with Gasteiger partial charge in [-0.15, -0.1) is 11.3 Å². The van der Waals surface area contributed by atoms with E-state index in [1.54, 1.807) is 31.3 Å². The van der Waals surface area contributed by atoms with Crippen molar-refractivity contribution >= 4 is 33.2 Å². The van der Waals surface area contributed by atoms with Crippen molar-refractivity contribution in [3.63, 3.8) is 0 Å². The number of carbonyl (C=O) groups excluding carboxylic acids is 1. The summed E-state index contributed by atoms with van der Waals surface area (Å²) in [5.74, 6) is 0.00827. The minimum Gasteiger partial charge on any atom is -0.446 e. The average Bonchev–Trinajstić information content (AvgIpc) is 3.51. The van der Waals surface area contributed by atoms with Crippen molar-refractivity contribution in [2.75, 3.05) is 6.54 Å². The number of rotatable bonds is 8. The van der Waals surface area contributed by atoms with E-state index in [1.165, 1.54) is 0 Å². The zero-order valence-electron chi connectivity index (χ0n) is 19.4. The van der Waals surface area contributed by atoms with E-state index in [0.29, 0.717) is 24.3 Å². The van der Waals surface area contributed by atoms with Gasteiger partial charge < -0.3 is 15.6 Å². The first-order valence-corrected chi connectivity index (χ1v) is 14.0. The monoisotopic (exact) mass is 508 g/mol. The van der Waals surface area contributed by atoms with Gasteiger partial charge in [0.1, 0.15) is 6.10 Å². The summed E-state index contributed by atoms with van der Waals surface area (Å²) in [5.41, 5.74) is 5.35. The lowest BCUT2D eigenvalue weighted by atomic mass is 9.88. The summed E-state index contributed by atoms with van der Waals surface area (Å²) in [7, 11) is -3.45. The van der Waals surface area contributed by atoms with Crippen LogP contribution in [-0.2, 0) is 14.8 Å². The molecule has 1 atom stereocenters. The molecule has 0 saturated heterocycles. The fraction of sp³-hybridized carbons (Fsp3) is 0.609. The van der Waals surface area contributed by atoms with Crippen LogP contribution in [0.4, 0.5) is 4.79 Å².